The first kappa shape index (κ1) is 14.8. The molecule has 0 bridgehead atoms. The van der Waals surface area contributed by atoms with Gasteiger partial charge in [0.2, 0.25) is 0 Å². The van der Waals surface area contributed by atoms with Crippen LogP contribution >= 0.6 is 0 Å². The lowest BCUT2D eigenvalue weighted by atomic mass is 10.1. The normalized spacial score (nSPS) is 18.6. The van der Waals surface area contributed by atoms with Crippen molar-refractivity contribution in [2.24, 2.45) is 0 Å². The van der Waals surface area contributed by atoms with Crippen molar-refractivity contribution in [2.45, 2.75) is 38.9 Å². The second-order valence-electron chi connectivity index (χ2n) is 5.55. The Labute approximate surface area is 129 Å². The highest BCUT2D eigenvalue weighted by Gasteiger charge is 2.22. The number of piperidine rings is 1. The minimum absolute atomic E-state index is 0.118. The van der Waals surface area contributed by atoms with Gasteiger partial charge in [-0.15, -0.1) is 0 Å². The summed E-state index contributed by atoms with van der Waals surface area (Å²) in [5, 5.41) is 7.86. The molecule has 2 N–H and O–H groups in total. The molecule has 0 aliphatic carbocycles. The molecule has 7 nitrogen and oxygen atoms in total. The molecule has 7 heteroatoms. The maximum Gasteiger partial charge on any atom is 0.290 e. The Bertz CT molecular complexity index is 664. The number of aromatic nitrogens is 4. The Morgan fingerprint density at radius 3 is 3.18 bits per heavy atom. The average molecular weight is 302 g/mol. The van der Waals surface area contributed by atoms with E-state index in [0.717, 1.165) is 39.0 Å². The van der Waals surface area contributed by atoms with Gasteiger partial charge in [-0.25, -0.2) is 4.98 Å². The summed E-state index contributed by atoms with van der Waals surface area (Å²) in [7, 11) is 0. The summed E-state index contributed by atoms with van der Waals surface area (Å²) in [6.07, 6.45) is 7.20. The Morgan fingerprint density at radius 1 is 1.45 bits per heavy atom. The van der Waals surface area contributed by atoms with Crippen LogP contribution < -0.4 is 15.8 Å². The van der Waals surface area contributed by atoms with Gasteiger partial charge in [0.25, 0.3) is 5.56 Å². The van der Waals surface area contributed by atoms with E-state index in [1.165, 1.54) is 5.69 Å². The molecular weight excluding hydrogens is 280 g/mol. The first-order chi connectivity index (χ1) is 10.8. The molecular formula is C15H22N6O. The lowest BCUT2D eigenvalue weighted by molar-refractivity contribution is 0.412. The van der Waals surface area contributed by atoms with Crippen molar-refractivity contribution in [1.82, 2.24) is 25.1 Å². The lowest BCUT2D eigenvalue weighted by Gasteiger charge is -2.33. The van der Waals surface area contributed by atoms with Crippen molar-refractivity contribution in [3.05, 3.63) is 40.7 Å². The molecule has 3 heterocycles. The van der Waals surface area contributed by atoms with Crippen LogP contribution in [-0.4, -0.2) is 38.9 Å². The first-order valence-corrected chi connectivity index (χ1v) is 7.80. The minimum atomic E-state index is -0.118. The zero-order chi connectivity index (χ0) is 15.4. The predicted molar refractivity (Wildman–Crippen MR) is 84.8 cm³/mol. The van der Waals surface area contributed by atoms with Crippen molar-refractivity contribution in [3.8, 4) is 0 Å². The molecule has 0 spiro atoms. The van der Waals surface area contributed by atoms with Crippen LogP contribution in [0.4, 0.5) is 5.82 Å². The fourth-order valence-corrected chi connectivity index (χ4v) is 2.95. The van der Waals surface area contributed by atoms with Crippen LogP contribution in [0.1, 0.15) is 25.5 Å². The standard InChI is InChI=1S/C15H22N6O/c1-2-21-13(5-6-19-21)10-18-12-4-3-9-20(11-12)14-15(22)17-8-7-16-14/h5-8,12,18H,2-4,9-11H2,1H3,(H,17,22)/t12-/m1/s1. The van der Waals surface area contributed by atoms with Crippen LogP contribution in [0, 0.1) is 0 Å². The van der Waals surface area contributed by atoms with Gasteiger partial charge < -0.3 is 15.2 Å². The van der Waals surface area contributed by atoms with Gasteiger partial charge in [0.05, 0.1) is 5.69 Å². The van der Waals surface area contributed by atoms with Crippen molar-refractivity contribution in [1.29, 1.82) is 0 Å². The second kappa shape index (κ2) is 6.74. The van der Waals surface area contributed by atoms with Gasteiger partial charge in [0.1, 0.15) is 0 Å². The highest BCUT2D eigenvalue weighted by molar-refractivity contribution is 5.36. The molecule has 0 unspecified atom stereocenters. The quantitative estimate of drug-likeness (QED) is 0.852. The van der Waals surface area contributed by atoms with E-state index in [0.29, 0.717) is 11.9 Å². The Hall–Kier alpha value is -2.15. The van der Waals surface area contributed by atoms with Gasteiger partial charge >= 0.3 is 0 Å². The van der Waals surface area contributed by atoms with Crippen molar-refractivity contribution >= 4 is 5.82 Å². The van der Waals surface area contributed by atoms with E-state index in [2.05, 4.69) is 32.2 Å². The molecule has 1 fully saturated rings. The molecule has 0 saturated carbocycles. The maximum atomic E-state index is 11.9. The summed E-state index contributed by atoms with van der Waals surface area (Å²) in [4.78, 5) is 20.8. The molecule has 1 aliphatic rings. The molecule has 2 aromatic heterocycles. The summed E-state index contributed by atoms with van der Waals surface area (Å²) < 4.78 is 2.00. The van der Waals surface area contributed by atoms with Crippen LogP contribution in [0.3, 0.4) is 0 Å². The van der Waals surface area contributed by atoms with Gasteiger partial charge in [0.15, 0.2) is 5.82 Å². The number of nitrogens with zero attached hydrogens (tertiary/aromatic N) is 4. The molecule has 1 aliphatic heterocycles. The van der Waals surface area contributed by atoms with E-state index < -0.39 is 0 Å². The molecule has 3 rings (SSSR count). The Kier molecular flexibility index (Phi) is 4.53. The third kappa shape index (κ3) is 3.19. The predicted octanol–water partition coefficient (Wildman–Crippen LogP) is 0.745. The number of anilines is 1. The van der Waals surface area contributed by atoms with E-state index in [1.54, 1.807) is 12.4 Å². The largest absolute Gasteiger partial charge is 0.350 e. The van der Waals surface area contributed by atoms with Crippen LogP contribution in [0.5, 0.6) is 0 Å². The molecule has 0 radical (unpaired) electrons. The molecule has 1 atom stereocenters. The van der Waals surface area contributed by atoms with Crippen LogP contribution in [0.25, 0.3) is 0 Å². The van der Waals surface area contributed by atoms with Gasteiger partial charge in [0, 0.05) is 50.8 Å². The van der Waals surface area contributed by atoms with E-state index in [-0.39, 0.29) is 5.56 Å². The fraction of sp³-hybridized carbons (Fsp3) is 0.533. The van der Waals surface area contributed by atoms with Crippen molar-refractivity contribution in [2.75, 3.05) is 18.0 Å². The van der Waals surface area contributed by atoms with E-state index in [1.807, 2.05) is 16.9 Å². The summed E-state index contributed by atoms with van der Waals surface area (Å²) in [5.41, 5.74) is 1.07. The zero-order valence-electron chi connectivity index (χ0n) is 12.8. The minimum Gasteiger partial charge on any atom is -0.350 e. The highest BCUT2D eigenvalue weighted by Crippen LogP contribution is 2.14. The number of hydrogen-bond acceptors (Lipinski definition) is 5. The molecule has 0 amide bonds. The SMILES string of the molecule is CCn1nccc1CN[C@@H]1CCCN(c2ncc[nH]c2=O)C1. The van der Waals surface area contributed by atoms with E-state index in [4.69, 9.17) is 0 Å². The van der Waals surface area contributed by atoms with E-state index in [9.17, 15) is 4.79 Å². The molecule has 22 heavy (non-hydrogen) atoms. The Balaban J connectivity index is 1.61. The summed E-state index contributed by atoms with van der Waals surface area (Å²) >= 11 is 0. The van der Waals surface area contributed by atoms with Crippen LogP contribution in [0.15, 0.2) is 29.5 Å². The zero-order valence-corrected chi connectivity index (χ0v) is 12.8. The third-order valence-electron chi connectivity index (χ3n) is 4.09. The van der Waals surface area contributed by atoms with Crippen molar-refractivity contribution in [3.63, 3.8) is 0 Å². The van der Waals surface area contributed by atoms with Crippen LogP contribution in [0.2, 0.25) is 0 Å². The number of H-pyrrole nitrogens is 1. The number of hydrogen-bond donors (Lipinski definition) is 2. The summed E-state index contributed by atoms with van der Waals surface area (Å²) in [6, 6.07) is 2.40. The number of rotatable bonds is 5. The van der Waals surface area contributed by atoms with E-state index >= 15 is 0 Å². The maximum absolute atomic E-state index is 11.9. The molecule has 0 aromatic carbocycles. The molecule has 1 saturated heterocycles. The first-order valence-electron chi connectivity index (χ1n) is 7.80. The highest BCUT2D eigenvalue weighted by atomic mass is 16.1. The topological polar surface area (TPSA) is 78.8 Å². The summed E-state index contributed by atoms with van der Waals surface area (Å²) in [6.45, 7) is 5.45. The molecule has 2 aromatic rings. The Morgan fingerprint density at radius 2 is 2.36 bits per heavy atom. The number of nitrogens with one attached hydrogen (secondary N) is 2. The number of aromatic amines is 1. The third-order valence-corrected chi connectivity index (χ3v) is 4.09. The van der Waals surface area contributed by atoms with Gasteiger partial charge in [-0.1, -0.05) is 0 Å². The summed E-state index contributed by atoms with van der Waals surface area (Å²) in [5.74, 6) is 0.521. The van der Waals surface area contributed by atoms with Crippen LogP contribution in [-0.2, 0) is 13.1 Å². The second-order valence-corrected chi connectivity index (χ2v) is 5.55. The lowest BCUT2D eigenvalue weighted by Crippen LogP contribution is -2.47. The fourth-order valence-electron chi connectivity index (χ4n) is 2.95. The molecule has 118 valence electrons. The van der Waals surface area contributed by atoms with Crippen molar-refractivity contribution < 1.29 is 0 Å². The smallest absolute Gasteiger partial charge is 0.290 e. The monoisotopic (exact) mass is 302 g/mol. The van der Waals surface area contributed by atoms with Gasteiger partial charge in [-0.2, -0.15) is 5.10 Å². The van der Waals surface area contributed by atoms with Gasteiger partial charge in [-0.05, 0) is 25.8 Å². The number of aryl methyl sites for hydroxylation is 1. The van der Waals surface area contributed by atoms with Gasteiger partial charge in [-0.3, -0.25) is 9.48 Å². The average Bonchev–Trinajstić information content (AvgIpc) is 3.01.